The van der Waals surface area contributed by atoms with Crippen LogP contribution < -0.4 is 4.74 Å². The minimum atomic E-state index is -0.277. The predicted octanol–water partition coefficient (Wildman–Crippen LogP) is 3.42. The summed E-state index contributed by atoms with van der Waals surface area (Å²) in [7, 11) is 0. The first-order chi connectivity index (χ1) is 12.7. The third kappa shape index (κ3) is 3.68. The molecule has 1 fully saturated rings. The lowest BCUT2D eigenvalue weighted by molar-refractivity contribution is 0.00866. The van der Waals surface area contributed by atoms with Crippen LogP contribution in [-0.4, -0.2) is 41.6 Å². The van der Waals surface area contributed by atoms with Gasteiger partial charge < -0.3 is 14.4 Å². The van der Waals surface area contributed by atoms with Crippen molar-refractivity contribution in [3.8, 4) is 5.75 Å². The summed E-state index contributed by atoms with van der Waals surface area (Å²) < 4.78 is 11.4. The molecule has 0 aromatic heterocycles. The highest BCUT2D eigenvalue weighted by molar-refractivity contribution is 5.68. The number of benzene rings is 2. The smallest absolute Gasteiger partial charge is 0.410 e. The first kappa shape index (κ1) is 16.9. The maximum atomic E-state index is 12.1. The van der Waals surface area contributed by atoms with Crippen LogP contribution in [0.5, 0.6) is 5.75 Å². The molecule has 0 radical (unpaired) electrons. The first-order valence-corrected chi connectivity index (χ1v) is 9.17. The number of ether oxygens (including phenoxy) is 2. The maximum Gasteiger partial charge on any atom is 0.410 e. The van der Waals surface area contributed by atoms with Crippen LogP contribution in [0.25, 0.3) is 0 Å². The van der Waals surface area contributed by atoms with E-state index in [2.05, 4.69) is 24.0 Å². The van der Waals surface area contributed by atoms with Gasteiger partial charge in [-0.05, 0) is 35.4 Å². The molecule has 2 aromatic rings. The molecule has 2 heterocycles. The van der Waals surface area contributed by atoms with Crippen molar-refractivity contribution in [1.29, 1.82) is 0 Å². The number of carbonyl (C=O) groups excluding carboxylic acids is 1. The van der Waals surface area contributed by atoms with Crippen LogP contribution in [0, 0.1) is 0 Å². The van der Waals surface area contributed by atoms with E-state index in [1.165, 1.54) is 11.1 Å². The average Bonchev–Trinajstić information content (AvgIpc) is 3.05. The molecule has 2 aliphatic heterocycles. The van der Waals surface area contributed by atoms with E-state index in [9.17, 15) is 4.79 Å². The van der Waals surface area contributed by atoms with Crippen LogP contribution in [0.3, 0.4) is 0 Å². The summed E-state index contributed by atoms with van der Waals surface area (Å²) in [6.07, 6.45) is -0.234. The molecule has 1 saturated heterocycles. The highest BCUT2D eigenvalue weighted by Crippen LogP contribution is 2.28. The first-order valence-electron chi connectivity index (χ1n) is 9.17. The fourth-order valence-electron chi connectivity index (χ4n) is 3.40. The topological polar surface area (TPSA) is 42.0 Å². The normalized spacial score (nSPS) is 16.9. The van der Waals surface area contributed by atoms with Crippen molar-refractivity contribution in [2.24, 2.45) is 0 Å². The van der Waals surface area contributed by atoms with E-state index in [1.807, 2.05) is 36.4 Å². The van der Waals surface area contributed by atoms with E-state index in [-0.39, 0.29) is 12.2 Å². The number of fused-ring (bicyclic) bond motifs is 1. The number of hydrogen-bond acceptors (Lipinski definition) is 4. The number of likely N-dealkylation sites (tertiary alicyclic amines) is 1. The van der Waals surface area contributed by atoms with Crippen molar-refractivity contribution >= 4 is 6.09 Å². The Morgan fingerprint density at radius 3 is 2.62 bits per heavy atom. The molecule has 0 atom stereocenters. The molecule has 5 heteroatoms. The molecular weight excluding hydrogens is 328 g/mol. The van der Waals surface area contributed by atoms with Crippen molar-refractivity contribution in [3.05, 3.63) is 65.2 Å². The molecule has 0 unspecified atom stereocenters. The minimum Gasteiger partial charge on any atom is -0.487 e. The van der Waals surface area contributed by atoms with E-state index in [1.54, 1.807) is 4.90 Å². The lowest BCUT2D eigenvalue weighted by Gasteiger charge is -2.38. The number of amides is 1. The molecule has 2 aliphatic rings. The van der Waals surface area contributed by atoms with Crippen LogP contribution in [-0.2, 0) is 24.4 Å². The van der Waals surface area contributed by atoms with Gasteiger partial charge in [0.15, 0.2) is 0 Å². The van der Waals surface area contributed by atoms with Crippen molar-refractivity contribution < 1.29 is 14.3 Å². The van der Waals surface area contributed by atoms with Gasteiger partial charge in [-0.15, -0.1) is 0 Å². The van der Waals surface area contributed by atoms with Gasteiger partial charge in [0.05, 0.1) is 13.1 Å². The molecule has 0 spiro atoms. The lowest BCUT2D eigenvalue weighted by Crippen LogP contribution is -2.56. The zero-order valence-corrected chi connectivity index (χ0v) is 15.1. The van der Waals surface area contributed by atoms with Gasteiger partial charge in [-0.2, -0.15) is 0 Å². The molecule has 0 N–H and O–H groups in total. The second-order valence-corrected chi connectivity index (χ2v) is 6.92. The van der Waals surface area contributed by atoms with Crippen LogP contribution in [0.1, 0.15) is 23.6 Å². The van der Waals surface area contributed by atoms with Gasteiger partial charge in [0.2, 0.25) is 0 Å². The summed E-state index contributed by atoms with van der Waals surface area (Å²) in [4.78, 5) is 16.1. The molecule has 0 bridgehead atoms. The number of hydrogen-bond donors (Lipinski definition) is 0. The molecule has 5 nitrogen and oxygen atoms in total. The number of nitrogens with zero attached hydrogens (tertiary/aromatic N) is 2. The molecule has 0 aliphatic carbocycles. The van der Waals surface area contributed by atoms with Crippen molar-refractivity contribution in [1.82, 2.24) is 9.80 Å². The Morgan fingerprint density at radius 2 is 1.85 bits per heavy atom. The largest absolute Gasteiger partial charge is 0.487 e. The third-order valence-corrected chi connectivity index (χ3v) is 5.03. The van der Waals surface area contributed by atoms with E-state index >= 15 is 0 Å². The Bertz CT molecular complexity index is 772. The Morgan fingerprint density at radius 1 is 1.08 bits per heavy atom. The van der Waals surface area contributed by atoms with Crippen LogP contribution >= 0.6 is 0 Å². The molecule has 0 saturated carbocycles. The van der Waals surface area contributed by atoms with Crippen LogP contribution in [0.4, 0.5) is 4.79 Å². The van der Waals surface area contributed by atoms with Crippen LogP contribution in [0.2, 0.25) is 0 Å². The summed E-state index contributed by atoms with van der Waals surface area (Å²) in [5.41, 5.74) is 3.73. The zero-order chi connectivity index (χ0) is 17.9. The highest BCUT2D eigenvalue weighted by Gasteiger charge is 2.33. The van der Waals surface area contributed by atoms with E-state index in [0.29, 0.717) is 19.7 Å². The summed E-state index contributed by atoms with van der Waals surface area (Å²) in [5, 5.41) is 0. The highest BCUT2D eigenvalue weighted by atomic mass is 16.6. The summed E-state index contributed by atoms with van der Waals surface area (Å²) in [6, 6.07) is 16.0. The van der Waals surface area contributed by atoms with Gasteiger partial charge in [0.25, 0.3) is 0 Å². The standard InChI is InChI=1S/C21H24N2O3/c1-2-22-11-17-8-9-19(10-18(17)12-22)26-20-13-23(14-20)21(24)25-15-16-6-4-3-5-7-16/h3-10,20H,2,11-15H2,1H3. The van der Waals surface area contributed by atoms with Gasteiger partial charge in [0, 0.05) is 13.1 Å². The number of rotatable bonds is 5. The average molecular weight is 352 g/mol. The molecular formula is C21H24N2O3. The fraction of sp³-hybridized carbons (Fsp3) is 0.381. The summed E-state index contributed by atoms with van der Waals surface area (Å²) in [5.74, 6) is 0.893. The SMILES string of the molecule is CCN1Cc2ccc(OC3CN(C(=O)OCc4ccccc4)C3)cc2C1. The maximum absolute atomic E-state index is 12.1. The van der Waals surface area contributed by atoms with Gasteiger partial charge >= 0.3 is 6.09 Å². The lowest BCUT2D eigenvalue weighted by atomic mass is 10.1. The van der Waals surface area contributed by atoms with Gasteiger partial charge in [0.1, 0.15) is 18.5 Å². The van der Waals surface area contributed by atoms with Gasteiger partial charge in [-0.1, -0.05) is 43.3 Å². The minimum absolute atomic E-state index is 0.0426. The summed E-state index contributed by atoms with van der Waals surface area (Å²) in [6.45, 7) is 6.72. The third-order valence-electron chi connectivity index (χ3n) is 5.03. The molecule has 4 rings (SSSR count). The monoisotopic (exact) mass is 352 g/mol. The molecule has 2 aromatic carbocycles. The van der Waals surface area contributed by atoms with Crippen molar-refractivity contribution in [2.75, 3.05) is 19.6 Å². The second-order valence-electron chi connectivity index (χ2n) is 6.92. The quantitative estimate of drug-likeness (QED) is 0.827. The van der Waals surface area contributed by atoms with Crippen molar-refractivity contribution in [3.63, 3.8) is 0 Å². The van der Waals surface area contributed by atoms with E-state index < -0.39 is 0 Å². The van der Waals surface area contributed by atoms with E-state index in [0.717, 1.165) is 30.9 Å². The molecule has 26 heavy (non-hydrogen) atoms. The Hall–Kier alpha value is -2.53. The summed E-state index contributed by atoms with van der Waals surface area (Å²) >= 11 is 0. The van der Waals surface area contributed by atoms with Gasteiger partial charge in [-0.25, -0.2) is 4.79 Å². The predicted molar refractivity (Wildman–Crippen MR) is 98.8 cm³/mol. The van der Waals surface area contributed by atoms with Crippen LogP contribution in [0.15, 0.2) is 48.5 Å². The Labute approximate surface area is 154 Å². The fourth-order valence-corrected chi connectivity index (χ4v) is 3.40. The second kappa shape index (κ2) is 7.38. The van der Waals surface area contributed by atoms with E-state index in [4.69, 9.17) is 9.47 Å². The number of carbonyl (C=O) groups is 1. The van der Waals surface area contributed by atoms with Crippen molar-refractivity contribution in [2.45, 2.75) is 32.7 Å². The zero-order valence-electron chi connectivity index (χ0n) is 15.1. The van der Waals surface area contributed by atoms with Gasteiger partial charge in [-0.3, -0.25) is 4.90 Å². The molecule has 1 amide bonds. The molecule has 136 valence electrons. The Balaban J connectivity index is 1.24. The Kier molecular flexibility index (Phi) is 4.80.